The summed E-state index contributed by atoms with van der Waals surface area (Å²) in [5.41, 5.74) is 7.39. The Kier molecular flexibility index (Phi) is 4.67. The van der Waals surface area contributed by atoms with Gasteiger partial charge in [-0.05, 0) is 55.0 Å². The average molecular weight is 424 g/mol. The summed E-state index contributed by atoms with van der Waals surface area (Å²) >= 11 is 0. The molecule has 2 aromatic carbocycles. The molecule has 2 N–H and O–H groups in total. The molecular weight excluding hydrogens is 394 g/mol. The van der Waals surface area contributed by atoms with E-state index in [0.29, 0.717) is 5.92 Å². The maximum Gasteiger partial charge on any atom is 0.238 e. The fourth-order valence-corrected chi connectivity index (χ4v) is 5.92. The maximum atomic E-state index is 12.1. The minimum atomic E-state index is -3.75. The molecule has 5 nitrogen and oxygen atoms in total. The summed E-state index contributed by atoms with van der Waals surface area (Å²) in [6.45, 7) is 3.82. The number of benzene rings is 2. The smallest absolute Gasteiger partial charge is 0.238 e. The van der Waals surface area contributed by atoms with E-state index in [0.717, 1.165) is 18.6 Å². The highest BCUT2D eigenvalue weighted by Crippen LogP contribution is 2.47. The van der Waals surface area contributed by atoms with Crippen LogP contribution in [0, 0.1) is 6.92 Å². The van der Waals surface area contributed by atoms with Gasteiger partial charge in [-0.2, -0.15) is 0 Å². The predicted octanol–water partition coefficient (Wildman–Crippen LogP) is 4.76. The Hall–Kier alpha value is -2.31. The molecule has 1 aliphatic carbocycles. The molecule has 2 aliphatic rings. The van der Waals surface area contributed by atoms with Crippen LogP contribution in [0.5, 0.6) is 0 Å². The van der Waals surface area contributed by atoms with Gasteiger partial charge >= 0.3 is 0 Å². The van der Waals surface area contributed by atoms with Crippen LogP contribution in [-0.2, 0) is 16.6 Å². The second-order valence-electron chi connectivity index (χ2n) is 8.91. The minimum Gasteiger partial charge on any atom is -0.372 e. The van der Waals surface area contributed by atoms with Crippen LogP contribution in [0.4, 0.5) is 5.69 Å². The van der Waals surface area contributed by atoms with Crippen LogP contribution in [0.25, 0.3) is 22.2 Å². The summed E-state index contributed by atoms with van der Waals surface area (Å²) in [6.07, 6.45) is 6.21. The van der Waals surface area contributed by atoms with Crippen molar-refractivity contribution >= 4 is 26.6 Å². The highest BCUT2D eigenvalue weighted by Gasteiger charge is 2.30. The molecular formula is C24H29N3O2S. The monoisotopic (exact) mass is 423 g/mol. The largest absolute Gasteiger partial charge is 0.372 e. The lowest BCUT2D eigenvalue weighted by molar-refractivity contribution is 0.445. The Bertz CT molecular complexity index is 1240. The molecule has 0 spiro atoms. The number of nitrogens with zero attached hydrogens (tertiary/aromatic N) is 2. The summed E-state index contributed by atoms with van der Waals surface area (Å²) in [5, 5.41) is 6.66. The van der Waals surface area contributed by atoms with Crippen molar-refractivity contribution in [1.82, 2.24) is 4.57 Å². The maximum absolute atomic E-state index is 12.1. The van der Waals surface area contributed by atoms with E-state index in [9.17, 15) is 8.42 Å². The van der Waals surface area contributed by atoms with Gasteiger partial charge < -0.3 is 9.47 Å². The summed E-state index contributed by atoms with van der Waals surface area (Å²) in [6, 6.07) is 12.1. The Morgan fingerprint density at radius 3 is 2.50 bits per heavy atom. The quantitative estimate of drug-likeness (QED) is 0.646. The third-order valence-electron chi connectivity index (χ3n) is 6.90. The van der Waals surface area contributed by atoms with Gasteiger partial charge in [0.05, 0.1) is 16.1 Å². The second kappa shape index (κ2) is 7.13. The minimum absolute atomic E-state index is 0.187. The first-order valence-corrected chi connectivity index (χ1v) is 12.4. The standard InChI is InChI=1S/C24H29N3O2S/c1-16-8-10-20-21(14-16)26(2)12-13-27-22-15-18(30(25,28)29)9-11-19(22)23(24(20)27)17-6-4-3-5-7-17/h8-11,14-15,17H,3-7,12-13H2,1-2H3,(H2,25,28,29). The van der Waals surface area contributed by atoms with Gasteiger partial charge in [0.25, 0.3) is 0 Å². The van der Waals surface area contributed by atoms with Crippen LogP contribution in [0.1, 0.15) is 49.1 Å². The third kappa shape index (κ3) is 3.13. The molecule has 3 aromatic rings. The lowest BCUT2D eigenvalue weighted by Gasteiger charge is -2.24. The van der Waals surface area contributed by atoms with E-state index in [-0.39, 0.29) is 4.90 Å². The number of fused-ring (bicyclic) bond motifs is 5. The molecule has 0 bridgehead atoms. The summed E-state index contributed by atoms with van der Waals surface area (Å²) < 4.78 is 26.5. The molecule has 1 aliphatic heterocycles. The number of rotatable bonds is 2. The molecule has 0 radical (unpaired) electrons. The fraction of sp³-hybridized carbons (Fsp3) is 0.417. The van der Waals surface area contributed by atoms with Crippen molar-refractivity contribution in [2.24, 2.45) is 5.14 Å². The van der Waals surface area contributed by atoms with Crippen molar-refractivity contribution in [3.05, 3.63) is 47.5 Å². The molecule has 1 fully saturated rings. The molecule has 6 heteroatoms. The van der Waals surface area contributed by atoms with Crippen LogP contribution in [0.2, 0.25) is 0 Å². The Balaban J connectivity index is 1.86. The Morgan fingerprint density at radius 1 is 1.00 bits per heavy atom. The second-order valence-corrected chi connectivity index (χ2v) is 10.5. The number of primary sulfonamides is 1. The number of anilines is 1. The molecule has 1 saturated carbocycles. The normalized spacial score (nSPS) is 17.6. The molecule has 158 valence electrons. The zero-order valence-electron chi connectivity index (χ0n) is 17.7. The molecule has 0 saturated heterocycles. The van der Waals surface area contributed by atoms with Crippen LogP contribution >= 0.6 is 0 Å². The Morgan fingerprint density at radius 2 is 1.77 bits per heavy atom. The van der Waals surface area contributed by atoms with Crippen LogP contribution in [-0.4, -0.2) is 26.6 Å². The number of sulfonamides is 1. The van der Waals surface area contributed by atoms with E-state index in [1.165, 1.54) is 65.6 Å². The molecule has 2 heterocycles. The van der Waals surface area contributed by atoms with Crippen LogP contribution in [0.15, 0.2) is 41.3 Å². The molecule has 0 amide bonds. The fourth-order valence-electron chi connectivity index (χ4n) is 5.39. The number of aryl methyl sites for hydroxylation is 1. The molecule has 1 aromatic heterocycles. The number of hydrogen-bond acceptors (Lipinski definition) is 3. The average Bonchev–Trinajstić information content (AvgIpc) is 2.98. The van der Waals surface area contributed by atoms with Crippen LogP contribution < -0.4 is 10.0 Å². The first kappa shape index (κ1) is 19.6. The van der Waals surface area contributed by atoms with E-state index in [4.69, 9.17) is 5.14 Å². The SMILES string of the molecule is Cc1ccc2c(c1)N(C)CCn1c-2c(C2CCCCC2)c2ccc(S(N)(=O)=O)cc21. The molecule has 0 unspecified atom stereocenters. The van der Waals surface area contributed by atoms with Gasteiger partial charge in [0, 0.05) is 36.8 Å². The van der Waals surface area contributed by atoms with Gasteiger partial charge in [0.1, 0.15) is 0 Å². The van der Waals surface area contributed by atoms with Crippen molar-refractivity contribution in [1.29, 1.82) is 0 Å². The molecule has 0 atom stereocenters. The number of likely N-dealkylation sites (N-methyl/N-ethyl adjacent to an activating group) is 1. The first-order valence-electron chi connectivity index (χ1n) is 10.9. The van der Waals surface area contributed by atoms with E-state index in [2.05, 4.69) is 41.6 Å². The zero-order valence-corrected chi connectivity index (χ0v) is 18.5. The van der Waals surface area contributed by atoms with Crippen molar-refractivity contribution in [2.45, 2.75) is 56.4 Å². The van der Waals surface area contributed by atoms with Crippen molar-refractivity contribution in [3.8, 4) is 11.3 Å². The Labute approximate surface area is 178 Å². The van der Waals surface area contributed by atoms with Crippen LogP contribution in [0.3, 0.4) is 0 Å². The van der Waals surface area contributed by atoms with E-state index >= 15 is 0 Å². The summed E-state index contributed by atoms with van der Waals surface area (Å²) in [5.74, 6) is 0.510. The molecule has 5 rings (SSSR count). The van der Waals surface area contributed by atoms with Gasteiger partial charge in [0.15, 0.2) is 0 Å². The number of hydrogen-bond donors (Lipinski definition) is 1. The highest BCUT2D eigenvalue weighted by molar-refractivity contribution is 7.89. The van der Waals surface area contributed by atoms with Gasteiger partial charge in [-0.15, -0.1) is 0 Å². The van der Waals surface area contributed by atoms with Gasteiger partial charge in [0.2, 0.25) is 10.0 Å². The summed E-state index contributed by atoms with van der Waals surface area (Å²) in [4.78, 5) is 2.50. The molecule has 30 heavy (non-hydrogen) atoms. The van der Waals surface area contributed by atoms with Gasteiger partial charge in [-0.3, -0.25) is 0 Å². The highest BCUT2D eigenvalue weighted by atomic mass is 32.2. The third-order valence-corrected chi connectivity index (χ3v) is 7.81. The van der Waals surface area contributed by atoms with E-state index < -0.39 is 10.0 Å². The van der Waals surface area contributed by atoms with E-state index in [1.807, 2.05) is 6.07 Å². The summed E-state index contributed by atoms with van der Waals surface area (Å²) in [7, 11) is -1.60. The van der Waals surface area contributed by atoms with Crippen molar-refractivity contribution < 1.29 is 8.42 Å². The predicted molar refractivity (Wildman–Crippen MR) is 123 cm³/mol. The topological polar surface area (TPSA) is 68.3 Å². The van der Waals surface area contributed by atoms with Crippen molar-refractivity contribution in [3.63, 3.8) is 0 Å². The first-order chi connectivity index (χ1) is 14.3. The van der Waals surface area contributed by atoms with Gasteiger partial charge in [-0.25, -0.2) is 13.6 Å². The lowest BCUT2D eigenvalue weighted by atomic mass is 9.81. The number of nitrogens with two attached hydrogens (primary N) is 1. The number of aromatic nitrogens is 1. The zero-order chi connectivity index (χ0) is 21.0. The van der Waals surface area contributed by atoms with E-state index in [1.54, 1.807) is 12.1 Å². The van der Waals surface area contributed by atoms with Crippen molar-refractivity contribution in [2.75, 3.05) is 18.5 Å². The lowest BCUT2D eigenvalue weighted by Crippen LogP contribution is -2.20. The van der Waals surface area contributed by atoms with Gasteiger partial charge in [-0.1, -0.05) is 37.5 Å².